The molecular formula is C13H16ClN5O. The zero-order valence-corrected chi connectivity index (χ0v) is 11.6. The lowest BCUT2D eigenvalue weighted by Crippen LogP contribution is -2.16. The lowest BCUT2D eigenvalue weighted by molar-refractivity contribution is -0.109. The first-order chi connectivity index (χ1) is 9.79. The number of carbonyl (C=O) groups is 1. The van der Waals surface area contributed by atoms with Crippen molar-refractivity contribution < 1.29 is 4.79 Å². The topological polar surface area (TPSA) is 81.8 Å². The smallest absolute Gasteiger partial charge is 0.207 e. The summed E-state index contributed by atoms with van der Waals surface area (Å²) in [5.41, 5.74) is 1.74. The second-order valence-electron chi connectivity index (χ2n) is 4.15. The molecule has 1 amide bonds. The van der Waals surface area contributed by atoms with Crippen molar-refractivity contribution in [2.24, 2.45) is 0 Å². The summed E-state index contributed by atoms with van der Waals surface area (Å²) in [7, 11) is 0. The molecule has 0 unspecified atom stereocenters. The van der Waals surface area contributed by atoms with E-state index in [4.69, 9.17) is 11.6 Å². The van der Waals surface area contributed by atoms with Crippen molar-refractivity contribution in [1.29, 1.82) is 0 Å². The molecule has 2 aromatic rings. The molecular weight excluding hydrogens is 278 g/mol. The highest BCUT2D eigenvalue weighted by Gasteiger charge is 2.04. The molecule has 0 bridgehead atoms. The molecule has 2 rings (SSSR count). The first-order valence-corrected chi connectivity index (χ1v) is 6.64. The normalized spacial score (nSPS) is 10.1. The van der Waals surface area contributed by atoms with E-state index in [1.807, 2.05) is 24.3 Å². The Hall–Kier alpha value is -2.21. The van der Waals surface area contributed by atoms with Crippen LogP contribution in [0.25, 0.3) is 0 Å². The molecule has 0 aliphatic carbocycles. The van der Waals surface area contributed by atoms with Crippen molar-refractivity contribution in [3.05, 3.63) is 35.5 Å². The molecule has 0 atom stereocenters. The first-order valence-electron chi connectivity index (χ1n) is 6.26. The van der Waals surface area contributed by atoms with E-state index in [9.17, 15) is 4.79 Å². The van der Waals surface area contributed by atoms with Crippen LogP contribution in [0, 0.1) is 0 Å². The Kier molecular flexibility index (Phi) is 5.25. The molecule has 0 saturated carbocycles. The van der Waals surface area contributed by atoms with E-state index in [0.717, 1.165) is 30.2 Å². The van der Waals surface area contributed by atoms with E-state index in [0.29, 0.717) is 18.0 Å². The second kappa shape index (κ2) is 7.40. The number of rotatable bonds is 8. The van der Waals surface area contributed by atoms with Crippen LogP contribution in [0.4, 0.5) is 17.2 Å². The summed E-state index contributed by atoms with van der Waals surface area (Å²) in [5, 5.41) is 16.6. The predicted molar refractivity (Wildman–Crippen MR) is 80.5 cm³/mol. The third-order valence-electron chi connectivity index (χ3n) is 2.63. The molecule has 0 aliphatic heterocycles. The summed E-state index contributed by atoms with van der Waals surface area (Å²) < 4.78 is 0. The molecule has 0 saturated heterocycles. The van der Waals surface area contributed by atoms with Crippen molar-refractivity contribution >= 4 is 35.2 Å². The quantitative estimate of drug-likeness (QED) is 0.445. The fraction of sp³-hybridized carbons (Fsp3) is 0.231. The summed E-state index contributed by atoms with van der Waals surface area (Å²) in [6, 6.07) is 7.47. The van der Waals surface area contributed by atoms with Crippen LogP contribution >= 0.6 is 11.6 Å². The van der Waals surface area contributed by atoms with Crippen LogP contribution < -0.4 is 16.0 Å². The SMILES string of the molecule is O=CNCCCNc1[nH]ncc1Nc1cccc(Cl)c1. The van der Waals surface area contributed by atoms with E-state index in [1.165, 1.54) is 0 Å². The maximum Gasteiger partial charge on any atom is 0.207 e. The van der Waals surface area contributed by atoms with Gasteiger partial charge in [-0.2, -0.15) is 5.10 Å². The van der Waals surface area contributed by atoms with Gasteiger partial charge in [0, 0.05) is 23.8 Å². The number of aromatic nitrogens is 2. The minimum absolute atomic E-state index is 0.641. The van der Waals surface area contributed by atoms with Gasteiger partial charge in [0.25, 0.3) is 0 Å². The standard InChI is InChI=1S/C13H16ClN5O/c14-10-3-1-4-11(7-10)18-12-8-17-19-13(12)16-6-2-5-15-9-20/h1,3-4,7-9,18H,2,5-6H2,(H,15,20)(H2,16,17,19). The fourth-order valence-corrected chi connectivity index (χ4v) is 1.89. The van der Waals surface area contributed by atoms with Crippen LogP contribution in [0.3, 0.4) is 0 Å². The van der Waals surface area contributed by atoms with Gasteiger partial charge in [0.15, 0.2) is 0 Å². The fourth-order valence-electron chi connectivity index (χ4n) is 1.70. The largest absolute Gasteiger partial charge is 0.369 e. The molecule has 0 aliphatic rings. The van der Waals surface area contributed by atoms with Gasteiger partial charge in [0.1, 0.15) is 11.5 Å². The Balaban J connectivity index is 1.89. The zero-order chi connectivity index (χ0) is 14.2. The second-order valence-corrected chi connectivity index (χ2v) is 4.58. The molecule has 0 fully saturated rings. The third-order valence-corrected chi connectivity index (χ3v) is 2.86. The maximum atomic E-state index is 10.1. The molecule has 106 valence electrons. The highest BCUT2D eigenvalue weighted by Crippen LogP contribution is 2.24. The minimum Gasteiger partial charge on any atom is -0.369 e. The summed E-state index contributed by atoms with van der Waals surface area (Å²) >= 11 is 5.94. The average molecular weight is 294 g/mol. The highest BCUT2D eigenvalue weighted by atomic mass is 35.5. The molecule has 20 heavy (non-hydrogen) atoms. The molecule has 4 N–H and O–H groups in total. The Morgan fingerprint density at radius 2 is 2.25 bits per heavy atom. The molecule has 1 heterocycles. The van der Waals surface area contributed by atoms with E-state index in [2.05, 4.69) is 26.1 Å². The zero-order valence-electron chi connectivity index (χ0n) is 10.8. The number of aromatic amines is 1. The summed E-state index contributed by atoms with van der Waals surface area (Å²) in [5.74, 6) is 0.802. The lowest BCUT2D eigenvalue weighted by Gasteiger charge is -2.09. The Bertz CT molecular complexity index is 557. The molecule has 0 radical (unpaired) electrons. The Morgan fingerprint density at radius 3 is 3.05 bits per heavy atom. The van der Waals surface area contributed by atoms with Gasteiger partial charge < -0.3 is 16.0 Å². The van der Waals surface area contributed by atoms with Gasteiger partial charge in [-0.25, -0.2) is 0 Å². The summed E-state index contributed by atoms with van der Waals surface area (Å²) in [4.78, 5) is 10.1. The average Bonchev–Trinajstić information content (AvgIpc) is 2.86. The van der Waals surface area contributed by atoms with Crippen molar-refractivity contribution in [2.45, 2.75) is 6.42 Å². The highest BCUT2D eigenvalue weighted by molar-refractivity contribution is 6.30. The van der Waals surface area contributed by atoms with E-state index in [1.54, 1.807) is 6.20 Å². The Morgan fingerprint density at radius 1 is 1.35 bits per heavy atom. The number of nitrogens with one attached hydrogen (secondary N) is 4. The van der Waals surface area contributed by atoms with Crippen molar-refractivity contribution in [3.63, 3.8) is 0 Å². The predicted octanol–water partition coefficient (Wildman–Crippen LogP) is 2.35. The number of amides is 1. The van der Waals surface area contributed by atoms with E-state index >= 15 is 0 Å². The van der Waals surface area contributed by atoms with Crippen LogP contribution in [-0.4, -0.2) is 29.7 Å². The van der Waals surface area contributed by atoms with Crippen LogP contribution in [0.2, 0.25) is 5.02 Å². The Labute approximate surface area is 121 Å². The number of anilines is 3. The van der Waals surface area contributed by atoms with Gasteiger partial charge in [-0.1, -0.05) is 17.7 Å². The molecule has 0 spiro atoms. The lowest BCUT2D eigenvalue weighted by atomic mass is 10.3. The molecule has 1 aromatic carbocycles. The van der Waals surface area contributed by atoms with Crippen LogP contribution in [-0.2, 0) is 4.79 Å². The van der Waals surface area contributed by atoms with Gasteiger partial charge >= 0.3 is 0 Å². The van der Waals surface area contributed by atoms with Crippen molar-refractivity contribution in [3.8, 4) is 0 Å². The molecule has 1 aromatic heterocycles. The van der Waals surface area contributed by atoms with E-state index < -0.39 is 0 Å². The maximum absolute atomic E-state index is 10.1. The summed E-state index contributed by atoms with van der Waals surface area (Å²) in [6.45, 7) is 1.37. The van der Waals surface area contributed by atoms with Crippen LogP contribution in [0.15, 0.2) is 30.5 Å². The molecule has 7 heteroatoms. The number of hydrogen-bond acceptors (Lipinski definition) is 4. The van der Waals surface area contributed by atoms with Crippen molar-refractivity contribution in [1.82, 2.24) is 15.5 Å². The van der Waals surface area contributed by atoms with Crippen LogP contribution in [0.1, 0.15) is 6.42 Å². The number of halogens is 1. The van der Waals surface area contributed by atoms with Crippen LogP contribution in [0.5, 0.6) is 0 Å². The number of benzene rings is 1. The van der Waals surface area contributed by atoms with Crippen molar-refractivity contribution in [2.75, 3.05) is 23.7 Å². The number of H-pyrrole nitrogens is 1. The van der Waals surface area contributed by atoms with Gasteiger partial charge in [-0.15, -0.1) is 0 Å². The van der Waals surface area contributed by atoms with Gasteiger partial charge in [0.05, 0.1) is 6.20 Å². The monoisotopic (exact) mass is 293 g/mol. The third kappa shape index (κ3) is 4.17. The number of nitrogens with zero attached hydrogens (tertiary/aromatic N) is 1. The number of hydrogen-bond donors (Lipinski definition) is 4. The first kappa shape index (κ1) is 14.2. The van der Waals surface area contributed by atoms with E-state index in [-0.39, 0.29) is 0 Å². The van der Waals surface area contributed by atoms with Gasteiger partial charge in [-0.05, 0) is 24.6 Å². The number of carbonyl (C=O) groups excluding carboxylic acids is 1. The van der Waals surface area contributed by atoms with Gasteiger partial charge in [0.2, 0.25) is 6.41 Å². The minimum atomic E-state index is 0.641. The molecule has 6 nitrogen and oxygen atoms in total. The van der Waals surface area contributed by atoms with Gasteiger partial charge in [-0.3, -0.25) is 9.89 Å². The summed E-state index contributed by atoms with van der Waals surface area (Å²) in [6.07, 6.45) is 3.23.